The maximum absolute atomic E-state index is 12.4. The number of aromatic amines is 1. The topological polar surface area (TPSA) is 101 Å². The number of halogens is 1. The Balaban J connectivity index is 1.30. The summed E-state index contributed by atoms with van der Waals surface area (Å²) in [5.74, 6) is 1.42. The van der Waals surface area contributed by atoms with Gasteiger partial charge in [-0.2, -0.15) is 10.1 Å². The number of aromatic nitrogens is 4. The summed E-state index contributed by atoms with van der Waals surface area (Å²) >= 11 is 6.04. The van der Waals surface area contributed by atoms with E-state index in [9.17, 15) is 4.79 Å². The van der Waals surface area contributed by atoms with Crippen LogP contribution in [0, 0.1) is 0 Å². The minimum atomic E-state index is -0.119. The Morgan fingerprint density at radius 1 is 1.24 bits per heavy atom. The van der Waals surface area contributed by atoms with E-state index in [4.69, 9.17) is 20.5 Å². The Kier molecular flexibility index (Phi) is 4.40. The number of carbonyl (C=O) groups excluding carboxylic acids is 1. The van der Waals surface area contributed by atoms with Crippen molar-refractivity contribution in [1.29, 1.82) is 0 Å². The molecule has 1 amide bonds. The van der Waals surface area contributed by atoms with Gasteiger partial charge in [-0.3, -0.25) is 9.89 Å². The third-order valence-corrected chi connectivity index (χ3v) is 5.10. The second-order valence-corrected chi connectivity index (χ2v) is 7.34. The first kappa shape index (κ1) is 17.7. The fourth-order valence-corrected chi connectivity index (χ4v) is 3.66. The lowest BCUT2D eigenvalue weighted by Crippen LogP contribution is -2.24. The number of benzene rings is 1. The first-order valence-electron chi connectivity index (χ1n) is 9.11. The van der Waals surface area contributed by atoms with Gasteiger partial charge in [-0.1, -0.05) is 28.9 Å². The van der Waals surface area contributed by atoms with Gasteiger partial charge in [0.2, 0.25) is 5.91 Å². The van der Waals surface area contributed by atoms with E-state index in [-0.39, 0.29) is 11.8 Å². The lowest BCUT2D eigenvalue weighted by molar-refractivity contribution is -0.128. The minimum absolute atomic E-state index is 0.0583. The molecule has 1 saturated heterocycles. The number of rotatable bonds is 5. The molecule has 1 aliphatic rings. The summed E-state index contributed by atoms with van der Waals surface area (Å²) in [6.45, 7) is 1.04. The van der Waals surface area contributed by atoms with Crippen LogP contribution in [-0.2, 0) is 11.3 Å². The first-order chi connectivity index (χ1) is 14.2. The summed E-state index contributed by atoms with van der Waals surface area (Å²) < 4.78 is 10.7. The first-order valence-corrected chi connectivity index (χ1v) is 9.49. The van der Waals surface area contributed by atoms with E-state index in [0.717, 1.165) is 5.56 Å². The van der Waals surface area contributed by atoms with Crippen molar-refractivity contribution in [3.05, 3.63) is 65.1 Å². The SMILES string of the molecule is O=C1CC(c2noc(-c3cc(-c4ccco4)n[nH]3)n2)CN1Cc1cccc(Cl)c1. The normalized spacial score (nSPS) is 16.7. The molecule has 146 valence electrons. The van der Waals surface area contributed by atoms with Crippen LogP contribution in [0.1, 0.15) is 23.7 Å². The largest absolute Gasteiger partial charge is 0.463 e. The predicted octanol–water partition coefficient (Wildman–Crippen LogP) is 3.89. The highest BCUT2D eigenvalue weighted by Gasteiger charge is 2.34. The summed E-state index contributed by atoms with van der Waals surface area (Å²) in [6, 6.07) is 12.9. The highest BCUT2D eigenvalue weighted by atomic mass is 35.5. The number of amides is 1. The molecule has 1 atom stereocenters. The molecule has 1 aliphatic heterocycles. The van der Waals surface area contributed by atoms with Gasteiger partial charge in [-0.15, -0.1) is 0 Å². The molecule has 1 unspecified atom stereocenters. The van der Waals surface area contributed by atoms with Gasteiger partial charge in [-0.05, 0) is 29.8 Å². The number of carbonyl (C=O) groups is 1. The van der Waals surface area contributed by atoms with Crippen molar-refractivity contribution in [2.24, 2.45) is 0 Å². The van der Waals surface area contributed by atoms with Crippen molar-refractivity contribution < 1.29 is 13.7 Å². The molecule has 8 nitrogen and oxygen atoms in total. The zero-order valence-electron chi connectivity index (χ0n) is 15.2. The highest BCUT2D eigenvalue weighted by Crippen LogP contribution is 2.30. The van der Waals surface area contributed by atoms with Crippen molar-refractivity contribution in [3.63, 3.8) is 0 Å². The molecule has 9 heteroatoms. The molecule has 0 saturated carbocycles. The van der Waals surface area contributed by atoms with E-state index in [1.807, 2.05) is 30.3 Å². The lowest BCUT2D eigenvalue weighted by Gasteiger charge is -2.16. The number of likely N-dealkylation sites (tertiary alicyclic amines) is 1. The fraction of sp³-hybridized carbons (Fsp3) is 0.200. The van der Waals surface area contributed by atoms with Crippen molar-refractivity contribution >= 4 is 17.5 Å². The summed E-state index contributed by atoms with van der Waals surface area (Å²) in [5.41, 5.74) is 2.23. The molecule has 4 heterocycles. The molecular formula is C20H16ClN5O3. The highest BCUT2D eigenvalue weighted by molar-refractivity contribution is 6.30. The molecule has 1 fully saturated rings. The Hall–Kier alpha value is -3.39. The van der Waals surface area contributed by atoms with Crippen molar-refractivity contribution in [2.45, 2.75) is 18.9 Å². The van der Waals surface area contributed by atoms with Crippen LogP contribution in [0.25, 0.3) is 23.0 Å². The monoisotopic (exact) mass is 409 g/mol. The van der Waals surface area contributed by atoms with Crippen LogP contribution in [0.15, 0.2) is 57.7 Å². The van der Waals surface area contributed by atoms with Crippen LogP contribution in [0.4, 0.5) is 0 Å². The molecule has 0 radical (unpaired) electrons. The molecule has 4 aromatic rings. The molecule has 1 aromatic carbocycles. The predicted molar refractivity (Wildman–Crippen MR) is 104 cm³/mol. The molecule has 0 spiro atoms. The van der Waals surface area contributed by atoms with Gasteiger partial charge in [0.1, 0.15) is 11.4 Å². The van der Waals surface area contributed by atoms with Gasteiger partial charge in [0.05, 0.1) is 6.26 Å². The van der Waals surface area contributed by atoms with Crippen molar-refractivity contribution in [2.75, 3.05) is 6.54 Å². The summed E-state index contributed by atoms with van der Waals surface area (Å²) in [5, 5.41) is 11.8. The van der Waals surface area contributed by atoms with Crippen LogP contribution < -0.4 is 0 Å². The Morgan fingerprint density at radius 3 is 3.00 bits per heavy atom. The number of nitrogens with one attached hydrogen (secondary N) is 1. The average molecular weight is 410 g/mol. The van der Waals surface area contributed by atoms with Gasteiger partial charge >= 0.3 is 0 Å². The van der Waals surface area contributed by atoms with E-state index < -0.39 is 0 Å². The summed E-state index contributed by atoms with van der Waals surface area (Å²) in [6.07, 6.45) is 1.93. The maximum Gasteiger partial charge on any atom is 0.275 e. The summed E-state index contributed by atoms with van der Waals surface area (Å²) in [7, 11) is 0. The van der Waals surface area contributed by atoms with Crippen LogP contribution in [0.5, 0.6) is 0 Å². The third-order valence-electron chi connectivity index (χ3n) is 4.87. The molecule has 5 rings (SSSR count). The van der Waals surface area contributed by atoms with Crippen LogP contribution >= 0.6 is 11.6 Å². The van der Waals surface area contributed by atoms with E-state index in [0.29, 0.717) is 53.4 Å². The summed E-state index contributed by atoms with van der Waals surface area (Å²) in [4.78, 5) is 18.7. The second kappa shape index (κ2) is 7.21. The fourth-order valence-electron chi connectivity index (χ4n) is 3.45. The second-order valence-electron chi connectivity index (χ2n) is 6.91. The van der Waals surface area contributed by atoms with Gasteiger partial charge in [0.25, 0.3) is 5.89 Å². The quantitative estimate of drug-likeness (QED) is 0.536. The van der Waals surface area contributed by atoms with Gasteiger partial charge in [-0.25, -0.2) is 0 Å². The molecule has 29 heavy (non-hydrogen) atoms. The molecule has 1 N–H and O–H groups in total. The average Bonchev–Trinajstić information content (AvgIpc) is 3.49. The zero-order chi connectivity index (χ0) is 19.8. The van der Waals surface area contributed by atoms with Crippen molar-refractivity contribution in [3.8, 4) is 23.0 Å². The van der Waals surface area contributed by atoms with Crippen LogP contribution in [0.2, 0.25) is 5.02 Å². The van der Waals surface area contributed by atoms with Crippen LogP contribution in [-0.4, -0.2) is 37.7 Å². The number of hydrogen-bond acceptors (Lipinski definition) is 6. The molecule has 0 aliphatic carbocycles. The molecular weight excluding hydrogens is 394 g/mol. The molecule has 0 bridgehead atoms. The zero-order valence-corrected chi connectivity index (χ0v) is 16.0. The number of nitrogens with zero attached hydrogens (tertiary/aromatic N) is 4. The molecule has 3 aromatic heterocycles. The number of furan rings is 1. The smallest absolute Gasteiger partial charge is 0.275 e. The van der Waals surface area contributed by atoms with Crippen molar-refractivity contribution in [1.82, 2.24) is 25.2 Å². The third kappa shape index (κ3) is 3.54. The van der Waals surface area contributed by atoms with Crippen LogP contribution in [0.3, 0.4) is 0 Å². The Bertz CT molecular complexity index is 1150. The van der Waals surface area contributed by atoms with E-state index in [1.54, 1.807) is 23.3 Å². The lowest BCUT2D eigenvalue weighted by atomic mass is 10.1. The van der Waals surface area contributed by atoms with E-state index in [1.165, 1.54) is 0 Å². The van der Waals surface area contributed by atoms with Gasteiger partial charge in [0.15, 0.2) is 11.6 Å². The Labute approximate surface area is 170 Å². The Morgan fingerprint density at radius 2 is 2.17 bits per heavy atom. The van der Waals surface area contributed by atoms with Gasteiger partial charge < -0.3 is 13.8 Å². The maximum atomic E-state index is 12.4. The minimum Gasteiger partial charge on any atom is -0.463 e. The van der Waals surface area contributed by atoms with E-state index in [2.05, 4.69) is 20.3 Å². The van der Waals surface area contributed by atoms with Gasteiger partial charge in [0, 0.05) is 36.5 Å². The number of H-pyrrole nitrogens is 1. The standard InChI is InChI=1S/C20H16ClN5O3/c21-14-4-1-3-12(7-14)10-26-11-13(8-18(26)27)19-22-20(29-25-19)16-9-15(23-24-16)17-5-2-6-28-17/h1-7,9,13H,8,10-11H2,(H,23,24). The van der Waals surface area contributed by atoms with E-state index >= 15 is 0 Å². The number of hydrogen-bond donors (Lipinski definition) is 1.